The fourth-order valence-corrected chi connectivity index (χ4v) is 1.52. The third-order valence-electron chi connectivity index (χ3n) is 2.10. The summed E-state index contributed by atoms with van der Waals surface area (Å²) in [6.45, 7) is 0. The van der Waals surface area contributed by atoms with Crippen LogP contribution in [-0.4, -0.2) is 6.29 Å². The lowest BCUT2D eigenvalue weighted by Crippen LogP contribution is -1.76. The molecule has 0 saturated carbocycles. The van der Waals surface area contributed by atoms with Crippen molar-refractivity contribution in [1.29, 1.82) is 0 Å². The van der Waals surface area contributed by atoms with Crippen molar-refractivity contribution < 1.29 is 4.79 Å². The van der Waals surface area contributed by atoms with Crippen molar-refractivity contribution in [3.8, 4) is 0 Å². The first-order valence-electron chi connectivity index (χ1n) is 5.18. The molecule has 15 heavy (non-hydrogen) atoms. The van der Waals surface area contributed by atoms with Gasteiger partial charge in [0.1, 0.15) is 6.29 Å². The summed E-state index contributed by atoms with van der Waals surface area (Å²) >= 11 is 5.85. The summed E-state index contributed by atoms with van der Waals surface area (Å²) in [4.78, 5) is 10.1. The van der Waals surface area contributed by atoms with Gasteiger partial charge in [-0.25, -0.2) is 0 Å². The average molecular weight is 223 g/mol. The molecule has 0 amide bonds. The number of unbranched alkanes of at least 4 members (excludes halogenated alkanes) is 3. The smallest absolute Gasteiger partial charge is 0.119 e. The van der Waals surface area contributed by atoms with Gasteiger partial charge in [0, 0.05) is 11.4 Å². The van der Waals surface area contributed by atoms with Gasteiger partial charge < -0.3 is 4.79 Å². The summed E-state index contributed by atoms with van der Waals surface area (Å²) in [5.41, 5.74) is 1.12. The number of rotatable bonds is 6. The Morgan fingerprint density at radius 3 is 2.73 bits per heavy atom. The first kappa shape index (κ1) is 12.0. The zero-order chi connectivity index (χ0) is 10.9. The Labute approximate surface area is 95.8 Å². The molecule has 0 aliphatic rings. The number of hydrogen-bond acceptors (Lipinski definition) is 1. The molecule has 0 aliphatic carbocycles. The number of allylic oxidation sites excluding steroid dienone is 1. The number of benzene rings is 1. The van der Waals surface area contributed by atoms with Gasteiger partial charge in [0.05, 0.1) is 0 Å². The van der Waals surface area contributed by atoms with Crippen LogP contribution in [0.25, 0.3) is 6.08 Å². The van der Waals surface area contributed by atoms with Gasteiger partial charge in [0.25, 0.3) is 0 Å². The van der Waals surface area contributed by atoms with Crippen LogP contribution < -0.4 is 0 Å². The third kappa shape index (κ3) is 5.38. The Bertz CT molecular complexity index is 331. The summed E-state index contributed by atoms with van der Waals surface area (Å²) < 4.78 is 0. The van der Waals surface area contributed by atoms with Crippen LogP contribution in [0.4, 0.5) is 0 Å². The van der Waals surface area contributed by atoms with Crippen LogP contribution in [0.15, 0.2) is 30.3 Å². The van der Waals surface area contributed by atoms with E-state index in [2.05, 4.69) is 12.2 Å². The molecule has 0 aromatic heterocycles. The SMILES string of the molecule is O=CCCCC/C=C/c1cccc(Cl)c1. The molecule has 1 nitrogen and oxygen atoms in total. The maximum absolute atomic E-state index is 10.1. The fourth-order valence-electron chi connectivity index (χ4n) is 1.32. The van der Waals surface area contributed by atoms with E-state index in [4.69, 9.17) is 11.6 Å². The summed E-state index contributed by atoms with van der Waals surface area (Å²) in [6.07, 6.45) is 8.88. The van der Waals surface area contributed by atoms with Crippen LogP contribution in [0.2, 0.25) is 5.02 Å². The molecule has 0 fully saturated rings. The Hall–Kier alpha value is -1.08. The number of carbonyl (C=O) groups is 1. The lowest BCUT2D eigenvalue weighted by atomic mass is 10.1. The quantitative estimate of drug-likeness (QED) is 0.523. The summed E-state index contributed by atoms with van der Waals surface area (Å²) in [7, 11) is 0. The number of hydrogen-bond donors (Lipinski definition) is 0. The Morgan fingerprint density at radius 2 is 2.00 bits per heavy atom. The van der Waals surface area contributed by atoms with Gasteiger partial charge in [-0.05, 0) is 37.0 Å². The normalized spacial score (nSPS) is 10.7. The summed E-state index contributed by atoms with van der Waals surface area (Å²) in [6, 6.07) is 7.76. The van der Waals surface area contributed by atoms with Crippen LogP contribution in [-0.2, 0) is 4.79 Å². The summed E-state index contributed by atoms with van der Waals surface area (Å²) in [5, 5.41) is 0.762. The molecule has 0 radical (unpaired) electrons. The molecular weight excluding hydrogens is 208 g/mol. The Balaban J connectivity index is 2.28. The predicted molar refractivity (Wildman–Crippen MR) is 65.0 cm³/mol. The van der Waals surface area contributed by atoms with Gasteiger partial charge in [0.2, 0.25) is 0 Å². The largest absolute Gasteiger partial charge is 0.303 e. The highest BCUT2D eigenvalue weighted by atomic mass is 35.5. The molecule has 0 bridgehead atoms. The second-order valence-electron chi connectivity index (χ2n) is 3.41. The van der Waals surface area contributed by atoms with Crippen LogP contribution in [0.5, 0.6) is 0 Å². The molecule has 0 atom stereocenters. The molecule has 0 aliphatic heterocycles. The molecule has 80 valence electrons. The zero-order valence-electron chi connectivity index (χ0n) is 8.66. The molecule has 0 saturated heterocycles. The van der Waals surface area contributed by atoms with Gasteiger partial charge >= 0.3 is 0 Å². The van der Waals surface area contributed by atoms with Crippen molar-refractivity contribution in [3.63, 3.8) is 0 Å². The second-order valence-corrected chi connectivity index (χ2v) is 3.84. The molecule has 2 heteroatoms. The predicted octanol–water partition coefficient (Wildman–Crippen LogP) is 4.11. The molecule has 1 aromatic rings. The van der Waals surface area contributed by atoms with Gasteiger partial charge in [-0.2, -0.15) is 0 Å². The van der Waals surface area contributed by atoms with E-state index in [0.717, 1.165) is 36.1 Å². The minimum atomic E-state index is 0.672. The maximum atomic E-state index is 10.1. The maximum Gasteiger partial charge on any atom is 0.119 e. The lowest BCUT2D eigenvalue weighted by molar-refractivity contribution is -0.107. The monoisotopic (exact) mass is 222 g/mol. The Kier molecular flexibility index (Phi) is 5.79. The topological polar surface area (TPSA) is 17.1 Å². The fraction of sp³-hybridized carbons (Fsp3) is 0.308. The standard InChI is InChI=1S/C13H15ClO/c14-13-9-6-8-12(11-13)7-4-2-1-3-5-10-15/h4,6-11H,1-3,5H2/b7-4+. The van der Waals surface area contributed by atoms with Crippen LogP contribution in [0, 0.1) is 0 Å². The van der Waals surface area contributed by atoms with E-state index >= 15 is 0 Å². The van der Waals surface area contributed by atoms with Crippen molar-refractivity contribution in [3.05, 3.63) is 40.9 Å². The molecule has 0 unspecified atom stereocenters. The Morgan fingerprint density at radius 1 is 1.20 bits per heavy atom. The average Bonchev–Trinajstić information content (AvgIpc) is 2.23. The van der Waals surface area contributed by atoms with Crippen LogP contribution in [0.3, 0.4) is 0 Å². The first-order chi connectivity index (χ1) is 7.33. The lowest BCUT2D eigenvalue weighted by Gasteiger charge is -1.94. The van der Waals surface area contributed by atoms with Crippen molar-refractivity contribution in [1.82, 2.24) is 0 Å². The van der Waals surface area contributed by atoms with E-state index in [1.807, 2.05) is 24.3 Å². The van der Waals surface area contributed by atoms with E-state index < -0.39 is 0 Å². The van der Waals surface area contributed by atoms with Gasteiger partial charge in [-0.15, -0.1) is 0 Å². The molecule has 1 aromatic carbocycles. The number of carbonyl (C=O) groups excluding carboxylic acids is 1. The molecule has 0 spiro atoms. The number of aldehydes is 1. The van der Waals surface area contributed by atoms with Crippen LogP contribution >= 0.6 is 11.6 Å². The molecular formula is C13H15ClO. The molecule has 1 rings (SSSR count). The van der Waals surface area contributed by atoms with E-state index in [0.29, 0.717) is 6.42 Å². The molecule has 0 N–H and O–H groups in total. The van der Waals surface area contributed by atoms with E-state index in [9.17, 15) is 4.79 Å². The van der Waals surface area contributed by atoms with E-state index in [1.165, 1.54) is 0 Å². The second kappa shape index (κ2) is 7.24. The van der Waals surface area contributed by atoms with Crippen LogP contribution in [0.1, 0.15) is 31.2 Å². The third-order valence-corrected chi connectivity index (χ3v) is 2.34. The molecule has 0 heterocycles. The highest BCUT2D eigenvalue weighted by molar-refractivity contribution is 6.30. The van der Waals surface area contributed by atoms with Crippen molar-refractivity contribution in [2.75, 3.05) is 0 Å². The first-order valence-corrected chi connectivity index (χ1v) is 5.56. The zero-order valence-corrected chi connectivity index (χ0v) is 9.41. The van der Waals surface area contributed by atoms with Gasteiger partial charge in [0.15, 0.2) is 0 Å². The summed E-state index contributed by atoms with van der Waals surface area (Å²) in [5.74, 6) is 0. The van der Waals surface area contributed by atoms with Crippen molar-refractivity contribution in [2.24, 2.45) is 0 Å². The van der Waals surface area contributed by atoms with Crippen molar-refractivity contribution >= 4 is 24.0 Å². The van der Waals surface area contributed by atoms with Crippen molar-refractivity contribution in [2.45, 2.75) is 25.7 Å². The number of halogens is 1. The van der Waals surface area contributed by atoms with Gasteiger partial charge in [-0.3, -0.25) is 0 Å². The van der Waals surface area contributed by atoms with E-state index in [1.54, 1.807) is 0 Å². The minimum Gasteiger partial charge on any atom is -0.303 e. The minimum absolute atomic E-state index is 0.672. The highest BCUT2D eigenvalue weighted by Gasteiger charge is 1.88. The van der Waals surface area contributed by atoms with E-state index in [-0.39, 0.29) is 0 Å². The highest BCUT2D eigenvalue weighted by Crippen LogP contribution is 2.12. The van der Waals surface area contributed by atoms with Gasteiger partial charge in [-0.1, -0.05) is 35.9 Å².